The number of pyridine rings is 1. The van der Waals surface area contributed by atoms with Gasteiger partial charge in [0.15, 0.2) is 0 Å². The van der Waals surface area contributed by atoms with E-state index in [4.69, 9.17) is 4.74 Å². The number of anilines is 3. The number of benzene rings is 1. The van der Waals surface area contributed by atoms with Gasteiger partial charge in [0, 0.05) is 12.5 Å². The number of hydrogen-bond donors (Lipinski definition) is 2. The molecule has 0 aliphatic heterocycles. The van der Waals surface area contributed by atoms with Gasteiger partial charge >= 0.3 is 12.4 Å². The van der Waals surface area contributed by atoms with Gasteiger partial charge in [-0.2, -0.15) is 31.6 Å². The van der Waals surface area contributed by atoms with Crippen molar-refractivity contribution in [3.63, 3.8) is 0 Å². The SMILES string of the molecule is CCC(=O)Nc1ccc(OC)cc1Nc1nc(C(F)(F)F)cc(C(F)(F)F)c1C#N. The smallest absolute Gasteiger partial charge is 0.433 e. The summed E-state index contributed by atoms with van der Waals surface area (Å²) in [5.74, 6) is -1.25. The van der Waals surface area contributed by atoms with Crippen molar-refractivity contribution < 1.29 is 35.9 Å². The Labute approximate surface area is 166 Å². The molecular formula is C18H14F6N4O2. The average molecular weight is 432 g/mol. The molecule has 0 unspecified atom stereocenters. The zero-order valence-electron chi connectivity index (χ0n) is 15.5. The van der Waals surface area contributed by atoms with Crippen molar-refractivity contribution in [1.82, 2.24) is 4.98 Å². The Morgan fingerprint density at radius 3 is 2.30 bits per heavy atom. The number of halogens is 6. The van der Waals surface area contributed by atoms with Crippen LogP contribution in [0.15, 0.2) is 24.3 Å². The average Bonchev–Trinajstić information content (AvgIpc) is 2.67. The number of carbonyl (C=O) groups is 1. The molecule has 0 bridgehead atoms. The molecule has 0 aliphatic rings. The highest BCUT2D eigenvalue weighted by Gasteiger charge is 2.41. The quantitative estimate of drug-likeness (QED) is 0.643. The van der Waals surface area contributed by atoms with Crippen molar-refractivity contribution in [1.29, 1.82) is 5.26 Å². The molecule has 2 aromatic rings. The molecule has 0 saturated carbocycles. The molecule has 2 N–H and O–H groups in total. The molecule has 0 atom stereocenters. The predicted molar refractivity (Wildman–Crippen MR) is 94.2 cm³/mol. The van der Waals surface area contributed by atoms with E-state index in [1.165, 1.54) is 31.4 Å². The van der Waals surface area contributed by atoms with E-state index in [9.17, 15) is 36.4 Å². The van der Waals surface area contributed by atoms with Crippen LogP contribution in [0.3, 0.4) is 0 Å². The monoisotopic (exact) mass is 432 g/mol. The van der Waals surface area contributed by atoms with Crippen LogP contribution in [0.4, 0.5) is 43.5 Å². The van der Waals surface area contributed by atoms with Crippen LogP contribution in [-0.2, 0) is 17.1 Å². The van der Waals surface area contributed by atoms with E-state index in [0.29, 0.717) is 0 Å². The highest BCUT2D eigenvalue weighted by atomic mass is 19.4. The summed E-state index contributed by atoms with van der Waals surface area (Å²) >= 11 is 0. The number of hydrogen-bond acceptors (Lipinski definition) is 5. The van der Waals surface area contributed by atoms with Gasteiger partial charge in [0.2, 0.25) is 5.91 Å². The Bertz CT molecular complexity index is 996. The van der Waals surface area contributed by atoms with Gasteiger partial charge in [-0.1, -0.05) is 6.92 Å². The Balaban J connectivity index is 2.70. The molecule has 2 rings (SSSR count). The lowest BCUT2D eigenvalue weighted by atomic mass is 10.1. The van der Waals surface area contributed by atoms with Crippen molar-refractivity contribution in [3.05, 3.63) is 41.1 Å². The zero-order chi connectivity index (χ0) is 22.7. The van der Waals surface area contributed by atoms with E-state index in [-0.39, 0.29) is 29.6 Å². The van der Waals surface area contributed by atoms with E-state index in [2.05, 4.69) is 15.6 Å². The number of ether oxygens (including phenoxy) is 1. The second kappa shape index (κ2) is 8.48. The molecule has 6 nitrogen and oxygen atoms in total. The number of rotatable bonds is 5. The van der Waals surface area contributed by atoms with E-state index >= 15 is 0 Å². The van der Waals surface area contributed by atoms with Crippen LogP contribution in [0.25, 0.3) is 0 Å². The summed E-state index contributed by atoms with van der Waals surface area (Å²) in [4.78, 5) is 14.9. The second-order valence-electron chi connectivity index (χ2n) is 5.82. The molecule has 0 saturated heterocycles. The fourth-order valence-corrected chi connectivity index (χ4v) is 2.35. The number of amides is 1. The number of nitrogens with zero attached hydrogens (tertiary/aromatic N) is 2. The Morgan fingerprint density at radius 2 is 1.80 bits per heavy atom. The highest BCUT2D eigenvalue weighted by Crippen LogP contribution is 2.40. The van der Waals surface area contributed by atoms with Gasteiger partial charge in [-0.15, -0.1) is 0 Å². The third-order valence-electron chi connectivity index (χ3n) is 3.80. The summed E-state index contributed by atoms with van der Waals surface area (Å²) in [7, 11) is 1.29. The maximum Gasteiger partial charge on any atom is 0.433 e. The third-order valence-corrected chi connectivity index (χ3v) is 3.80. The minimum absolute atomic E-state index is 0.0410. The number of nitrogens with one attached hydrogen (secondary N) is 2. The molecule has 1 amide bonds. The van der Waals surface area contributed by atoms with Crippen molar-refractivity contribution in [3.8, 4) is 11.8 Å². The van der Waals surface area contributed by atoms with Crippen LogP contribution in [-0.4, -0.2) is 18.0 Å². The fraction of sp³-hybridized carbons (Fsp3) is 0.278. The summed E-state index contributed by atoms with van der Waals surface area (Å²) in [6.45, 7) is 1.55. The number of nitriles is 1. The number of aromatic nitrogens is 1. The minimum atomic E-state index is -5.24. The standard InChI is InChI=1S/C18H14F6N4O2/c1-3-15(29)26-12-5-4-9(30-2)6-13(12)27-16-10(8-25)11(17(19,20)21)7-14(28-16)18(22,23)24/h4-7H,3H2,1-2H3,(H,26,29)(H,27,28). The largest absolute Gasteiger partial charge is 0.497 e. The van der Waals surface area contributed by atoms with Gasteiger partial charge in [0.25, 0.3) is 0 Å². The minimum Gasteiger partial charge on any atom is -0.497 e. The molecule has 1 aromatic carbocycles. The molecule has 0 radical (unpaired) electrons. The van der Waals surface area contributed by atoms with E-state index in [1.54, 1.807) is 6.92 Å². The van der Waals surface area contributed by atoms with Crippen LogP contribution in [0.5, 0.6) is 5.75 Å². The van der Waals surface area contributed by atoms with Crippen LogP contribution in [0, 0.1) is 11.3 Å². The van der Waals surface area contributed by atoms with E-state index in [1.807, 2.05) is 0 Å². The van der Waals surface area contributed by atoms with Crippen molar-refractivity contribution in [2.45, 2.75) is 25.7 Å². The summed E-state index contributed by atoms with van der Waals surface area (Å²) in [5, 5.41) is 13.9. The first-order valence-electron chi connectivity index (χ1n) is 8.25. The lowest BCUT2D eigenvalue weighted by Gasteiger charge is -2.18. The molecule has 0 fully saturated rings. The maximum atomic E-state index is 13.3. The molecule has 12 heteroatoms. The maximum absolute atomic E-state index is 13.3. The molecular weight excluding hydrogens is 418 g/mol. The van der Waals surface area contributed by atoms with Crippen molar-refractivity contribution >= 4 is 23.1 Å². The van der Waals surface area contributed by atoms with Gasteiger partial charge in [-0.3, -0.25) is 4.79 Å². The van der Waals surface area contributed by atoms with Gasteiger partial charge in [-0.25, -0.2) is 4.98 Å². The van der Waals surface area contributed by atoms with Gasteiger partial charge in [0.1, 0.15) is 28.9 Å². The molecule has 1 heterocycles. The second-order valence-corrected chi connectivity index (χ2v) is 5.82. The Morgan fingerprint density at radius 1 is 1.13 bits per heavy atom. The van der Waals surface area contributed by atoms with Gasteiger partial charge in [-0.05, 0) is 18.2 Å². The lowest BCUT2D eigenvalue weighted by molar-refractivity contribution is -0.145. The van der Waals surface area contributed by atoms with Crippen LogP contribution in [0.2, 0.25) is 0 Å². The Hall–Kier alpha value is -3.49. The van der Waals surface area contributed by atoms with E-state index in [0.717, 1.165) is 0 Å². The fourth-order valence-electron chi connectivity index (χ4n) is 2.35. The van der Waals surface area contributed by atoms with Gasteiger partial charge < -0.3 is 15.4 Å². The lowest BCUT2D eigenvalue weighted by Crippen LogP contribution is -2.17. The van der Waals surface area contributed by atoms with Crippen molar-refractivity contribution in [2.75, 3.05) is 17.7 Å². The number of alkyl halides is 6. The molecule has 160 valence electrons. The Kier molecular flexibility index (Phi) is 6.44. The predicted octanol–water partition coefficient (Wildman–Crippen LogP) is 5.09. The van der Waals surface area contributed by atoms with E-state index < -0.39 is 40.9 Å². The summed E-state index contributed by atoms with van der Waals surface area (Å²) in [6.07, 6.45) is -10.4. The number of carbonyl (C=O) groups excluding carboxylic acids is 1. The highest BCUT2D eigenvalue weighted by molar-refractivity contribution is 5.95. The normalized spacial score (nSPS) is 11.6. The molecule has 0 spiro atoms. The zero-order valence-corrected chi connectivity index (χ0v) is 15.5. The van der Waals surface area contributed by atoms with Crippen LogP contribution >= 0.6 is 0 Å². The molecule has 0 aliphatic carbocycles. The summed E-state index contributed by atoms with van der Waals surface area (Å²) in [6, 6.07) is 4.99. The number of methoxy groups -OCH3 is 1. The first-order valence-corrected chi connectivity index (χ1v) is 8.25. The molecule has 1 aromatic heterocycles. The summed E-state index contributed by atoms with van der Waals surface area (Å²) in [5.41, 5.74) is -4.84. The van der Waals surface area contributed by atoms with Crippen molar-refractivity contribution in [2.24, 2.45) is 0 Å². The summed E-state index contributed by atoms with van der Waals surface area (Å²) < 4.78 is 84.2. The first kappa shape index (κ1) is 22.8. The third kappa shape index (κ3) is 5.11. The van der Waals surface area contributed by atoms with Crippen LogP contribution in [0.1, 0.15) is 30.2 Å². The molecule has 30 heavy (non-hydrogen) atoms. The topological polar surface area (TPSA) is 87.0 Å². The van der Waals surface area contributed by atoms with Gasteiger partial charge in [0.05, 0.1) is 24.0 Å². The first-order chi connectivity index (χ1) is 13.9. The van der Waals surface area contributed by atoms with Crippen LogP contribution < -0.4 is 15.4 Å².